The zero-order valence-corrected chi connectivity index (χ0v) is 15.0. The normalized spacial score (nSPS) is 10.8. The number of rotatable bonds is 7. The summed E-state index contributed by atoms with van der Waals surface area (Å²) < 4.78 is 11.6. The summed E-state index contributed by atoms with van der Waals surface area (Å²) in [6.45, 7) is 2.35. The Labute approximate surface area is 149 Å². The Morgan fingerprint density at radius 2 is 2.00 bits per heavy atom. The molecule has 0 unspecified atom stereocenters. The third-order valence-corrected chi connectivity index (χ3v) is 4.07. The minimum Gasteiger partial charge on any atom is -0.488 e. The van der Waals surface area contributed by atoms with Crippen LogP contribution in [0.15, 0.2) is 53.0 Å². The van der Waals surface area contributed by atoms with Crippen molar-refractivity contribution in [1.29, 1.82) is 0 Å². The van der Waals surface area contributed by atoms with Crippen molar-refractivity contribution in [1.82, 2.24) is 0 Å². The van der Waals surface area contributed by atoms with Crippen molar-refractivity contribution in [2.75, 3.05) is 6.61 Å². The van der Waals surface area contributed by atoms with E-state index in [1.54, 1.807) is 25.1 Å². The quantitative estimate of drug-likeness (QED) is 0.571. The van der Waals surface area contributed by atoms with Gasteiger partial charge in [-0.15, -0.1) is 0 Å². The largest absolute Gasteiger partial charge is 0.488 e. The van der Waals surface area contributed by atoms with E-state index in [1.807, 2.05) is 30.3 Å². The number of hydrogen-bond acceptors (Lipinski definition) is 4. The monoisotopic (exact) mass is 390 g/mol. The van der Waals surface area contributed by atoms with Gasteiger partial charge in [-0.3, -0.25) is 0 Å². The second-order valence-corrected chi connectivity index (χ2v) is 5.85. The SMILES string of the molecule is CCOC(=O)C=Cc1ccc(OCc2ccccc2Br)c(CO)c1. The smallest absolute Gasteiger partial charge is 0.330 e. The first kappa shape index (κ1) is 18.2. The maximum absolute atomic E-state index is 11.3. The fourth-order valence-corrected chi connectivity index (χ4v) is 2.49. The molecule has 0 spiro atoms. The summed E-state index contributed by atoms with van der Waals surface area (Å²) in [4.78, 5) is 11.3. The van der Waals surface area contributed by atoms with Crippen molar-refractivity contribution < 1.29 is 19.4 Å². The van der Waals surface area contributed by atoms with Gasteiger partial charge in [-0.1, -0.05) is 40.2 Å². The van der Waals surface area contributed by atoms with Crippen molar-refractivity contribution in [2.24, 2.45) is 0 Å². The lowest BCUT2D eigenvalue weighted by atomic mass is 10.1. The Morgan fingerprint density at radius 1 is 1.21 bits per heavy atom. The van der Waals surface area contributed by atoms with Crippen LogP contribution in [0.1, 0.15) is 23.6 Å². The van der Waals surface area contributed by atoms with Gasteiger partial charge in [0.1, 0.15) is 12.4 Å². The number of esters is 1. The topological polar surface area (TPSA) is 55.8 Å². The molecule has 0 saturated heterocycles. The van der Waals surface area contributed by atoms with Gasteiger partial charge in [-0.2, -0.15) is 0 Å². The molecule has 4 nitrogen and oxygen atoms in total. The molecule has 0 aliphatic rings. The van der Waals surface area contributed by atoms with E-state index in [0.29, 0.717) is 24.5 Å². The molecular formula is C19H19BrO4. The summed E-state index contributed by atoms with van der Waals surface area (Å²) in [5.41, 5.74) is 2.47. The van der Waals surface area contributed by atoms with E-state index in [4.69, 9.17) is 9.47 Å². The third kappa shape index (κ3) is 5.22. The van der Waals surface area contributed by atoms with Crippen LogP contribution >= 0.6 is 15.9 Å². The molecule has 24 heavy (non-hydrogen) atoms. The van der Waals surface area contributed by atoms with E-state index in [-0.39, 0.29) is 6.61 Å². The first-order valence-corrected chi connectivity index (χ1v) is 8.38. The zero-order valence-electron chi connectivity index (χ0n) is 13.4. The molecular weight excluding hydrogens is 372 g/mol. The number of carbonyl (C=O) groups excluding carboxylic acids is 1. The summed E-state index contributed by atoms with van der Waals surface area (Å²) in [5, 5.41) is 9.55. The molecule has 0 saturated carbocycles. The van der Waals surface area contributed by atoms with Crippen molar-refractivity contribution in [3.05, 3.63) is 69.7 Å². The molecule has 0 amide bonds. The van der Waals surface area contributed by atoms with Gasteiger partial charge in [-0.25, -0.2) is 4.79 Å². The van der Waals surface area contributed by atoms with Crippen LogP contribution in [0.5, 0.6) is 5.75 Å². The van der Waals surface area contributed by atoms with E-state index in [9.17, 15) is 9.90 Å². The number of carbonyl (C=O) groups is 1. The Balaban J connectivity index is 2.09. The maximum Gasteiger partial charge on any atom is 0.330 e. The number of benzene rings is 2. The van der Waals surface area contributed by atoms with Crippen molar-refractivity contribution in [3.63, 3.8) is 0 Å². The Kier molecular flexibility index (Phi) is 7.03. The van der Waals surface area contributed by atoms with E-state index in [0.717, 1.165) is 15.6 Å². The predicted octanol–water partition coefficient (Wildman–Crippen LogP) is 4.10. The van der Waals surface area contributed by atoms with Gasteiger partial charge in [0.15, 0.2) is 0 Å². The molecule has 0 atom stereocenters. The highest BCUT2D eigenvalue weighted by molar-refractivity contribution is 9.10. The fraction of sp³-hybridized carbons (Fsp3) is 0.211. The van der Waals surface area contributed by atoms with Crippen LogP contribution in [0.25, 0.3) is 6.08 Å². The number of ether oxygens (including phenoxy) is 2. The highest BCUT2D eigenvalue weighted by Crippen LogP contribution is 2.24. The lowest BCUT2D eigenvalue weighted by molar-refractivity contribution is -0.137. The van der Waals surface area contributed by atoms with Gasteiger partial charge in [0, 0.05) is 21.7 Å². The summed E-state index contributed by atoms with van der Waals surface area (Å²) in [6, 6.07) is 13.2. The molecule has 0 aliphatic carbocycles. The fourth-order valence-electron chi connectivity index (χ4n) is 2.09. The van der Waals surface area contributed by atoms with Crippen LogP contribution in [0.3, 0.4) is 0 Å². The summed E-state index contributed by atoms with van der Waals surface area (Å²) in [7, 11) is 0. The molecule has 0 aliphatic heterocycles. The molecule has 5 heteroatoms. The number of aliphatic hydroxyl groups excluding tert-OH is 1. The van der Waals surface area contributed by atoms with E-state index < -0.39 is 5.97 Å². The van der Waals surface area contributed by atoms with E-state index in [1.165, 1.54) is 6.08 Å². The van der Waals surface area contributed by atoms with Crippen LogP contribution in [-0.2, 0) is 22.7 Å². The van der Waals surface area contributed by atoms with Gasteiger partial charge < -0.3 is 14.6 Å². The molecule has 2 rings (SSSR count). The van der Waals surface area contributed by atoms with E-state index >= 15 is 0 Å². The molecule has 0 bridgehead atoms. The van der Waals surface area contributed by atoms with Crippen LogP contribution in [-0.4, -0.2) is 17.7 Å². The van der Waals surface area contributed by atoms with Crippen LogP contribution < -0.4 is 4.74 Å². The minimum atomic E-state index is -0.391. The lowest BCUT2D eigenvalue weighted by Crippen LogP contribution is -2.00. The minimum absolute atomic E-state index is 0.146. The first-order valence-electron chi connectivity index (χ1n) is 7.59. The van der Waals surface area contributed by atoms with Gasteiger partial charge >= 0.3 is 5.97 Å². The summed E-state index contributed by atoms with van der Waals surface area (Å²) in [6.07, 6.45) is 3.01. The van der Waals surface area contributed by atoms with Crippen molar-refractivity contribution >= 4 is 28.0 Å². The lowest BCUT2D eigenvalue weighted by Gasteiger charge is -2.12. The van der Waals surface area contributed by atoms with Crippen LogP contribution in [0.4, 0.5) is 0 Å². The second-order valence-electron chi connectivity index (χ2n) is 4.99. The zero-order chi connectivity index (χ0) is 17.4. The summed E-state index contributed by atoms with van der Waals surface area (Å²) in [5.74, 6) is 0.221. The third-order valence-electron chi connectivity index (χ3n) is 3.29. The van der Waals surface area contributed by atoms with Gasteiger partial charge in [0.2, 0.25) is 0 Å². The first-order chi connectivity index (χ1) is 11.6. The predicted molar refractivity (Wildman–Crippen MR) is 96.5 cm³/mol. The second kappa shape index (κ2) is 9.25. The Bertz CT molecular complexity index is 725. The summed E-state index contributed by atoms with van der Waals surface area (Å²) >= 11 is 3.48. The Morgan fingerprint density at radius 3 is 2.71 bits per heavy atom. The number of halogens is 1. The molecule has 0 fully saturated rings. The van der Waals surface area contributed by atoms with Crippen molar-refractivity contribution in [3.8, 4) is 5.75 Å². The molecule has 126 valence electrons. The Hall–Kier alpha value is -2.11. The molecule has 1 N–H and O–H groups in total. The molecule has 0 aromatic heterocycles. The van der Waals surface area contributed by atoms with Crippen LogP contribution in [0.2, 0.25) is 0 Å². The van der Waals surface area contributed by atoms with E-state index in [2.05, 4.69) is 15.9 Å². The van der Waals surface area contributed by atoms with Gasteiger partial charge in [0.25, 0.3) is 0 Å². The molecule has 2 aromatic rings. The van der Waals surface area contributed by atoms with Crippen LogP contribution in [0, 0.1) is 0 Å². The number of hydrogen-bond donors (Lipinski definition) is 1. The molecule has 2 aromatic carbocycles. The standard InChI is InChI=1S/C19H19BrO4/c1-2-23-19(22)10-8-14-7-9-18(16(11-14)12-21)24-13-15-5-3-4-6-17(15)20/h3-11,21H,2,12-13H2,1H3. The highest BCUT2D eigenvalue weighted by atomic mass is 79.9. The molecule has 0 heterocycles. The average Bonchev–Trinajstić information content (AvgIpc) is 2.60. The highest BCUT2D eigenvalue weighted by Gasteiger charge is 2.06. The van der Waals surface area contributed by atoms with Gasteiger partial charge in [-0.05, 0) is 36.8 Å². The van der Waals surface area contributed by atoms with Crippen molar-refractivity contribution in [2.45, 2.75) is 20.1 Å². The van der Waals surface area contributed by atoms with Gasteiger partial charge in [0.05, 0.1) is 13.2 Å². The average molecular weight is 391 g/mol. The number of aliphatic hydroxyl groups is 1. The molecule has 0 radical (unpaired) electrons. The maximum atomic E-state index is 11.3.